The summed E-state index contributed by atoms with van der Waals surface area (Å²) in [7, 11) is 3.51. The number of nitro groups is 1. The number of piperidine rings is 1. The fraction of sp³-hybridized carbons (Fsp3) is 0.333. The van der Waals surface area contributed by atoms with E-state index in [1.807, 2.05) is 47.0 Å². The van der Waals surface area contributed by atoms with Crippen LogP contribution >= 0.6 is 0 Å². The van der Waals surface area contributed by atoms with Gasteiger partial charge in [-0.1, -0.05) is 24.3 Å². The van der Waals surface area contributed by atoms with Crippen molar-refractivity contribution >= 4 is 17.3 Å². The lowest BCUT2D eigenvalue weighted by Gasteiger charge is -2.33. The molecular formula is C24H27N5O4. The molecule has 9 nitrogen and oxygen atoms in total. The minimum atomic E-state index is -0.392. The molecule has 0 bridgehead atoms. The van der Waals surface area contributed by atoms with Crippen LogP contribution in [0, 0.1) is 16.0 Å². The van der Waals surface area contributed by atoms with Gasteiger partial charge in [-0.05, 0) is 36.6 Å². The van der Waals surface area contributed by atoms with Gasteiger partial charge in [0.15, 0.2) is 0 Å². The van der Waals surface area contributed by atoms with E-state index in [1.54, 1.807) is 31.5 Å². The third kappa shape index (κ3) is 4.82. The molecule has 1 aliphatic rings. The van der Waals surface area contributed by atoms with Gasteiger partial charge in [0.1, 0.15) is 23.3 Å². The van der Waals surface area contributed by atoms with Gasteiger partial charge >= 0.3 is 0 Å². The molecule has 4 rings (SSSR count). The lowest BCUT2D eigenvalue weighted by atomic mass is 9.94. The molecule has 1 amide bonds. The predicted octanol–water partition coefficient (Wildman–Crippen LogP) is 3.46. The van der Waals surface area contributed by atoms with E-state index >= 15 is 0 Å². The summed E-state index contributed by atoms with van der Waals surface area (Å²) in [5.74, 6) is 1.27. The number of methoxy groups -OCH3 is 1. The second-order valence-corrected chi connectivity index (χ2v) is 8.12. The largest absolute Gasteiger partial charge is 0.497 e. The molecule has 1 aromatic heterocycles. The normalized spacial score (nSPS) is 15.2. The first-order valence-electron chi connectivity index (χ1n) is 10.9. The number of hydrogen-bond acceptors (Lipinski definition) is 6. The van der Waals surface area contributed by atoms with Gasteiger partial charge in [-0.2, -0.15) is 0 Å². The van der Waals surface area contributed by atoms with Crippen molar-refractivity contribution in [1.29, 1.82) is 0 Å². The van der Waals surface area contributed by atoms with E-state index in [4.69, 9.17) is 4.74 Å². The lowest BCUT2D eigenvalue weighted by molar-refractivity contribution is -0.384. The topological polar surface area (TPSA) is 103 Å². The Bertz CT molecular complexity index is 1120. The second kappa shape index (κ2) is 9.72. The van der Waals surface area contributed by atoms with Crippen LogP contribution in [-0.4, -0.2) is 40.6 Å². The highest BCUT2D eigenvalue weighted by atomic mass is 16.6. The summed E-state index contributed by atoms with van der Waals surface area (Å²) < 4.78 is 7.15. The third-order valence-corrected chi connectivity index (χ3v) is 6.14. The molecule has 33 heavy (non-hydrogen) atoms. The van der Waals surface area contributed by atoms with Crippen molar-refractivity contribution in [3.05, 3.63) is 82.4 Å². The van der Waals surface area contributed by atoms with Gasteiger partial charge in [0.25, 0.3) is 5.69 Å². The zero-order valence-electron chi connectivity index (χ0n) is 18.7. The van der Waals surface area contributed by atoms with Crippen molar-refractivity contribution in [2.24, 2.45) is 13.0 Å². The van der Waals surface area contributed by atoms with Gasteiger partial charge in [-0.3, -0.25) is 14.9 Å². The number of nitro benzene ring substituents is 1. The number of benzene rings is 2. The quantitative estimate of drug-likeness (QED) is 0.438. The van der Waals surface area contributed by atoms with E-state index in [-0.39, 0.29) is 22.4 Å². The van der Waals surface area contributed by atoms with Crippen LogP contribution in [0.1, 0.15) is 30.3 Å². The summed E-state index contributed by atoms with van der Waals surface area (Å²) in [6, 6.07) is 13.9. The van der Waals surface area contributed by atoms with Crippen LogP contribution in [0.2, 0.25) is 0 Å². The minimum absolute atomic E-state index is 0.0407. The van der Waals surface area contributed by atoms with Crippen molar-refractivity contribution in [3.8, 4) is 5.75 Å². The Balaban J connectivity index is 1.47. The maximum absolute atomic E-state index is 13.2. The standard InChI is InChI=1S/C24H27N5O4/c1-27-16-13-25-23(27)22(17-7-9-19(33-2)10-8-17)26-24(30)18-11-14-28(15-12-18)20-5-3-4-6-21(20)29(31)32/h3-10,13,16,18,22H,11-12,14-15H2,1-2H3,(H,26,30). The number of aromatic nitrogens is 2. The van der Waals surface area contributed by atoms with Gasteiger partial charge in [0, 0.05) is 44.5 Å². The number of imidazole rings is 1. The summed E-state index contributed by atoms with van der Waals surface area (Å²) in [6.07, 6.45) is 4.80. The smallest absolute Gasteiger partial charge is 0.292 e. The van der Waals surface area contributed by atoms with Crippen molar-refractivity contribution in [3.63, 3.8) is 0 Å². The highest BCUT2D eigenvalue weighted by Gasteiger charge is 2.30. The monoisotopic (exact) mass is 449 g/mol. The number of rotatable bonds is 7. The molecule has 0 radical (unpaired) electrons. The van der Waals surface area contributed by atoms with Gasteiger partial charge in [-0.15, -0.1) is 0 Å². The molecule has 172 valence electrons. The zero-order chi connectivity index (χ0) is 23.4. The number of para-hydroxylation sites is 2. The fourth-order valence-corrected chi connectivity index (χ4v) is 4.28. The number of nitrogens with one attached hydrogen (secondary N) is 1. The highest BCUT2D eigenvalue weighted by molar-refractivity contribution is 5.80. The van der Waals surface area contributed by atoms with Crippen LogP contribution in [0.25, 0.3) is 0 Å². The molecule has 2 aromatic carbocycles. The Morgan fingerprint density at radius 2 is 1.88 bits per heavy atom. The maximum atomic E-state index is 13.2. The van der Waals surface area contributed by atoms with Crippen molar-refractivity contribution in [2.45, 2.75) is 18.9 Å². The van der Waals surface area contributed by atoms with E-state index in [9.17, 15) is 14.9 Å². The Hall–Kier alpha value is -3.88. The first-order valence-corrected chi connectivity index (χ1v) is 10.9. The number of amides is 1. The van der Waals surface area contributed by atoms with Crippen LogP contribution in [-0.2, 0) is 11.8 Å². The molecule has 9 heteroatoms. The Morgan fingerprint density at radius 3 is 2.48 bits per heavy atom. The molecule has 2 heterocycles. The van der Waals surface area contributed by atoms with Crippen LogP contribution in [0.3, 0.4) is 0 Å². The summed E-state index contributed by atoms with van der Waals surface area (Å²) >= 11 is 0. The SMILES string of the molecule is COc1ccc(C(NC(=O)C2CCN(c3ccccc3[N+](=O)[O-])CC2)c2nccn2C)cc1. The van der Waals surface area contributed by atoms with E-state index < -0.39 is 6.04 Å². The summed E-state index contributed by atoms with van der Waals surface area (Å²) in [5.41, 5.74) is 1.61. The predicted molar refractivity (Wildman–Crippen MR) is 124 cm³/mol. The molecular weight excluding hydrogens is 422 g/mol. The number of anilines is 1. The fourth-order valence-electron chi connectivity index (χ4n) is 4.28. The molecule has 1 unspecified atom stereocenters. The molecule has 1 fully saturated rings. The van der Waals surface area contributed by atoms with Gasteiger partial charge < -0.3 is 19.5 Å². The number of ether oxygens (including phenoxy) is 1. The van der Waals surface area contributed by atoms with E-state index in [1.165, 1.54) is 6.07 Å². The zero-order valence-corrected chi connectivity index (χ0v) is 18.7. The molecule has 0 aliphatic carbocycles. The molecule has 1 atom stereocenters. The number of hydrogen-bond donors (Lipinski definition) is 1. The number of carbonyl (C=O) groups excluding carboxylic acids is 1. The van der Waals surface area contributed by atoms with E-state index in [0.29, 0.717) is 31.6 Å². The van der Waals surface area contributed by atoms with Crippen LogP contribution in [0.15, 0.2) is 60.9 Å². The molecule has 1 aliphatic heterocycles. The molecule has 1 N–H and O–H groups in total. The minimum Gasteiger partial charge on any atom is -0.497 e. The van der Waals surface area contributed by atoms with Crippen LogP contribution in [0.5, 0.6) is 5.75 Å². The summed E-state index contributed by atoms with van der Waals surface area (Å²) in [5, 5.41) is 14.6. The van der Waals surface area contributed by atoms with E-state index in [0.717, 1.165) is 17.1 Å². The maximum Gasteiger partial charge on any atom is 0.292 e. The lowest BCUT2D eigenvalue weighted by Crippen LogP contribution is -2.42. The Morgan fingerprint density at radius 1 is 1.18 bits per heavy atom. The van der Waals surface area contributed by atoms with Gasteiger partial charge in [0.05, 0.1) is 12.0 Å². The molecule has 3 aromatic rings. The number of carbonyl (C=O) groups is 1. The first kappa shape index (κ1) is 22.3. The van der Waals surface area contributed by atoms with Gasteiger partial charge in [-0.25, -0.2) is 4.98 Å². The number of aryl methyl sites for hydroxylation is 1. The molecule has 0 saturated carbocycles. The van der Waals surface area contributed by atoms with E-state index in [2.05, 4.69) is 10.3 Å². The highest BCUT2D eigenvalue weighted by Crippen LogP contribution is 2.32. The second-order valence-electron chi connectivity index (χ2n) is 8.12. The average Bonchev–Trinajstić information content (AvgIpc) is 3.28. The van der Waals surface area contributed by atoms with Crippen molar-refractivity contribution < 1.29 is 14.5 Å². The van der Waals surface area contributed by atoms with Crippen LogP contribution < -0.4 is 15.0 Å². The Labute approximate surface area is 192 Å². The molecule has 0 spiro atoms. The van der Waals surface area contributed by atoms with Gasteiger partial charge in [0.2, 0.25) is 5.91 Å². The summed E-state index contributed by atoms with van der Waals surface area (Å²) in [4.78, 5) is 30.7. The first-order chi connectivity index (χ1) is 16.0. The summed E-state index contributed by atoms with van der Waals surface area (Å²) in [6.45, 7) is 1.16. The Kier molecular flexibility index (Phi) is 6.58. The van der Waals surface area contributed by atoms with Crippen LogP contribution in [0.4, 0.5) is 11.4 Å². The third-order valence-electron chi connectivity index (χ3n) is 6.14. The molecule has 1 saturated heterocycles. The van der Waals surface area contributed by atoms with Crippen molar-refractivity contribution in [1.82, 2.24) is 14.9 Å². The van der Waals surface area contributed by atoms with Crippen molar-refractivity contribution in [2.75, 3.05) is 25.1 Å². The average molecular weight is 450 g/mol. The number of nitrogens with zero attached hydrogens (tertiary/aromatic N) is 4.